The third kappa shape index (κ3) is 4.91. The monoisotopic (exact) mass is 456 g/mol. The standard InChI is InChI=1S/C24H32N4O3S/c1-18-9-13-28(14-10-18)24(29)20-7-8-22(27-15-11-25-12-16-27)21(17-20)26-32(30,31)23-6-4-3-5-19(23)2/h3-8,17-18,25-26H,9-16H2,1-2H3. The number of piperidine rings is 1. The normalized spacial score (nSPS) is 17.9. The molecular formula is C24H32N4O3S. The SMILES string of the molecule is Cc1ccccc1S(=O)(=O)Nc1cc(C(=O)N2CCC(C)CC2)ccc1N1CCNCC1. The molecule has 2 saturated heterocycles. The summed E-state index contributed by atoms with van der Waals surface area (Å²) in [7, 11) is -3.80. The summed E-state index contributed by atoms with van der Waals surface area (Å²) in [4.78, 5) is 17.4. The number of hydrogen-bond donors (Lipinski definition) is 2. The summed E-state index contributed by atoms with van der Waals surface area (Å²) in [6.45, 7) is 8.68. The Hall–Kier alpha value is -2.58. The fraction of sp³-hybridized carbons (Fsp3) is 0.458. The minimum absolute atomic E-state index is 0.0416. The Morgan fingerprint density at radius 3 is 2.41 bits per heavy atom. The number of rotatable bonds is 5. The predicted octanol–water partition coefficient (Wildman–Crippen LogP) is 3.08. The maximum atomic E-state index is 13.2. The molecule has 0 unspecified atom stereocenters. The van der Waals surface area contributed by atoms with Crippen LogP contribution in [0, 0.1) is 12.8 Å². The summed E-state index contributed by atoms with van der Waals surface area (Å²) in [5.41, 5.74) is 2.44. The average Bonchev–Trinajstić information content (AvgIpc) is 2.79. The maximum absolute atomic E-state index is 13.2. The molecule has 1 amide bonds. The van der Waals surface area contributed by atoms with Crippen LogP contribution in [-0.2, 0) is 10.0 Å². The second-order valence-electron chi connectivity index (χ2n) is 8.81. The summed E-state index contributed by atoms with van der Waals surface area (Å²) >= 11 is 0. The van der Waals surface area contributed by atoms with Crippen LogP contribution in [0.4, 0.5) is 11.4 Å². The third-order valence-corrected chi connectivity index (χ3v) is 7.93. The zero-order valence-corrected chi connectivity index (χ0v) is 19.6. The highest BCUT2D eigenvalue weighted by Crippen LogP contribution is 2.31. The quantitative estimate of drug-likeness (QED) is 0.723. The van der Waals surface area contributed by atoms with Crippen molar-refractivity contribution in [2.45, 2.75) is 31.6 Å². The molecule has 7 nitrogen and oxygen atoms in total. The van der Waals surface area contributed by atoms with Gasteiger partial charge < -0.3 is 15.1 Å². The Morgan fingerprint density at radius 1 is 1.03 bits per heavy atom. The molecule has 2 aromatic rings. The number of nitrogens with one attached hydrogen (secondary N) is 2. The molecule has 2 N–H and O–H groups in total. The summed E-state index contributed by atoms with van der Waals surface area (Å²) in [6, 6.07) is 12.3. The van der Waals surface area contributed by atoms with Gasteiger partial charge in [-0.2, -0.15) is 0 Å². The number of hydrogen-bond acceptors (Lipinski definition) is 5. The van der Waals surface area contributed by atoms with E-state index >= 15 is 0 Å². The van der Waals surface area contributed by atoms with Gasteiger partial charge in [0.05, 0.1) is 16.3 Å². The fourth-order valence-electron chi connectivity index (χ4n) is 4.38. The third-order valence-electron chi connectivity index (χ3n) is 6.40. The number of nitrogens with zero attached hydrogens (tertiary/aromatic N) is 2. The van der Waals surface area contributed by atoms with Gasteiger partial charge >= 0.3 is 0 Å². The molecule has 0 bridgehead atoms. The molecule has 0 saturated carbocycles. The van der Waals surface area contributed by atoms with Crippen LogP contribution in [0.3, 0.4) is 0 Å². The van der Waals surface area contributed by atoms with E-state index in [0.717, 1.165) is 57.8 Å². The minimum Gasteiger partial charge on any atom is -0.367 e. The molecule has 0 spiro atoms. The highest BCUT2D eigenvalue weighted by molar-refractivity contribution is 7.92. The lowest BCUT2D eigenvalue weighted by Crippen LogP contribution is -2.44. The van der Waals surface area contributed by atoms with E-state index in [-0.39, 0.29) is 10.8 Å². The van der Waals surface area contributed by atoms with E-state index in [4.69, 9.17) is 0 Å². The van der Waals surface area contributed by atoms with Crippen molar-refractivity contribution in [3.05, 3.63) is 53.6 Å². The number of amides is 1. The molecular weight excluding hydrogens is 424 g/mol. The first-order valence-electron chi connectivity index (χ1n) is 11.3. The van der Waals surface area contributed by atoms with Gasteiger partial charge in [-0.3, -0.25) is 9.52 Å². The fourth-order valence-corrected chi connectivity index (χ4v) is 5.70. The highest BCUT2D eigenvalue weighted by Gasteiger charge is 2.25. The number of likely N-dealkylation sites (tertiary alicyclic amines) is 1. The first-order chi connectivity index (χ1) is 15.3. The van der Waals surface area contributed by atoms with Crippen LogP contribution in [-0.4, -0.2) is 58.5 Å². The second kappa shape index (κ2) is 9.50. The molecule has 2 aromatic carbocycles. The molecule has 0 aliphatic carbocycles. The molecule has 0 radical (unpaired) electrons. The molecule has 172 valence electrons. The lowest BCUT2D eigenvalue weighted by Gasteiger charge is -2.32. The number of anilines is 2. The van der Waals surface area contributed by atoms with Crippen LogP contribution in [0.25, 0.3) is 0 Å². The van der Waals surface area contributed by atoms with Gasteiger partial charge in [-0.05, 0) is 55.5 Å². The van der Waals surface area contributed by atoms with E-state index in [1.807, 2.05) is 23.1 Å². The van der Waals surface area contributed by atoms with Gasteiger partial charge in [0.15, 0.2) is 0 Å². The van der Waals surface area contributed by atoms with Crippen molar-refractivity contribution >= 4 is 27.3 Å². The molecule has 2 heterocycles. The Labute approximate surface area is 190 Å². The maximum Gasteiger partial charge on any atom is 0.262 e. The van der Waals surface area contributed by atoms with Crippen molar-refractivity contribution in [2.75, 3.05) is 48.9 Å². The molecule has 8 heteroatoms. The zero-order valence-electron chi connectivity index (χ0n) is 18.8. The highest BCUT2D eigenvalue weighted by atomic mass is 32.2. The van der Waals surface area contributed by atoms with Crippen LogP contribution in [0.15, 0.2) is 47.4 Å². The number of benzene rings is 2. The summed E-state index contributed by atoms with van der Waals surface area (Å²) in [5.74, 6) is 0.589. The van der Waals surface area contributed by atoms with Crippen molar-refractivity contribution in [1.29, 1.82) is 0 Å². The van der Waals surface area contributed by atoms with Gasteiger partial charge in [0.2, 0.25) is 0 Å². The number of aryl methyl sites for hydroxylation is 1. The molecule has 4 rings (SSSR count). The smallest absolute Gasteiger partial charge is 0.262 e. The Bertz CT molecular complexity index is 1070. The predicted molar refractivity (Wildman–Crippen MR) is 128 cm³/mol. The van der Waals surface area contributed by atoms with E-state index < -0.39 is 10.0 Å². The van der Waals surface area contributed by atoms with Crippen molar-refractivity contribution in [1.82, 2.24) is 10.2 Å². The van der Waals surface area contributed by atoms with Crippen molar-refractivity contribution in [2.24, 2.45) is 5.92 Å². The van der Waals surface area contributed by atoms with Gasteiger partial charge in [0.1, 0.15) is 0 Å². The molecule has 32 heavy (non-hydrogen) atoms. The van der Waals surface area contributed by atoms with Gasteiger partial charge in [0, 0.05) is 44.8 Å². The van der Waals surface area contributed by atoms with Gasteiger partial charge in [0.25, 0.3) is 15.9 Å². The van der Waals surface area contributed by atoms with Crippen LogP contribution in [0.5, 0.6) is 0 Å². The van der Waals surface area contributed by atoms with E-state index in [1.165, 1.54) is 0 Å². The Balaban J connectivity index is 1.68. The molecule has 0 atom stereocenters. The number of carbonyl (C=O) groups excluding carboxylic acids is 1. The summed E-state index contributed by atoms with van der Waals surface area (Å²) in [6.07, 6.45) is 1.99. The molecule has 2 fully saturated rings. The van der Waals surface area contributed by atoms with Gasteiger partial charge in [-0.15, -0.1) is 0 Å². The summed E-state index contributed by atoms with van der Waals surface area (Å²) < 4.78 is 29.3. The van der Waals surface area contributed by atoms with Crippen molar-refractivity contribution < 1.29 is 13.2 Å². The van der Waals surface area contributed by atoms with Crippen LogP contribution >= 0.6 is 0 Å². The van der Waals surface area contributed by atoms with Gasteiger partial charge in [-0.1, -0.05) is 25.1 Å². The first-order valence-corrected chi connectivity index (χ1v) is 12.8. The van der Waals surface area contributed by atoms with Gasteiger partial charge in [-0.25, -0.2) is 8.42 Å². The van der Waals surface area contributed by atoms with E-state index in [1.54, 1.807) is 31.2 Å². The zero-order chi connectivity index (χ0) is 22.7. The van der Waals surface area contributed by atoms with Crippen molar-refractivity contribution in [3.63, 3.8) is 0 Å². The molecule has 2 aliphatic rings. The van der Waals surface area contributed by atoms with E-state index in [2.05, 4.69) is 21.9 Å². The van der Waals surface area contributed by atoms with Crippen LogP contribution in [0.1, 0.15) is 35.7 Å². The first kappa shape index (κ1) is 22.6. The lowest BCUT2D eigenvalue weighted by atomic mass is 9.98. The molecule has 2 aliphatic heterocycles. The Morgan fingerprint density at radius 2 is 1.72 bits per heavy atom. The molecule has 0 aromatic heterocycles. The topological polar surface area (TPSA) is 81.8 Å². The largest absolute Gasteiger partial charge is 0.367 e. The van der Waals surface area contributed by atoms with Crippen LogP contribution < -0.4 is 14.9 Å². The number of carbonyl (C=O) groups is 1. The van der Waals surface area contributed by atoms with Crippen LogP contribution in [0.2, 0.25) is 0 Å². The second-order valence-corrected chi connectivity index (χ2v) is 10.5. The lowest BCUT2D eigenvalue weighted by molar-refractivity contribution is 0.0697. The van der Waals surface area contributed by atoms with E-state index in [0.29, 0.717) is 22.7 Å². The van der Waals surface area contributed by atoms with E-state index in [9.17, 15) is 13.2 Å². The number of sulfonamides is 1. The summed E-state index contributed by atoms with van der Waals surface area (Å²) in [5, 5.41) is 3.32. The average molecular weight is 457 g/mol. The minimum atomic E-state index is -3.80. The van der Waals surface area contributed by atoms with Crippen molar-refractivity contribution in [3.8, 4) is 0 Å². The Kier molecular flexibility index (Phi) is 6.71. The number of piperazine rings is 1.